The SMILES string of the molecule is CC(C)OC(=O)[C@H](CC(=O)OC(C)(C)C)Cc1cccc(O)c1. The highest BCUT2D eigenvalue weighted by atomic mass is 16.6. The van der Waals surface area contributed by atoms with Crippen molar-refractivity contribution in [2.75, 3.05) is 0 Å². The molecule has 1 atom stereocenters. The van der Waals surface area contributed by atoms with Crippen molar-refractivity contribution in [1.29, 1.82) is 0 Å². The third kappa shape index (κ3) is 7.68. The third-order valence-corrected chi connectivity index (χ3v) is 2.91. The summed E-state index contributed by atoms with van der Waals surface area (Å²) in [6, 6.07) is 6.62. The smallest absolute Gasteiger partial charge is 0.310 e. The molecule has 0 amide bonds. The van der Waals surface area contributed by atoms with E-state index >= 15 is 0 Å². The molecule has 0 heterocycles. The van der Waals surface area contributed by atoms with Gasteiger partial charge in [-0.3, -0.25) is 9.59 Å². The van der Waals surface area contributed by atoms with E-state index in [-0.39, 0.29) is 18.3 Å². The van der Waals surface area contributed by atoms with E-state index in [1.807, 2.05) is 0 Å². The zero-order valence-electron chi connectivity index (χ0n) is 14.5. The number of rotatable bonds is 6. The molecular weight excluding hydrogens is 296 g/mol. The van der Waals surface area contributed by atoms with Crippen molar-refractivity contribution >= 4 is 11.9 Å². The Hall–Kier alpha value is -2.04. The quantitative estimate of drug-likeness (QED) is 0.814. The Labute approximate surface area is 137 Å². The first-order valence-electron chi connectivity index (χ1n) is 7.77. The fraction of sp³-hybridized carbons (Fsp3) is 0.556. The Balaban J connectivity index is 2.84. The summed E-state index contributed by atoms with van der Waals surface area (Å²) < 4.78 is 10.5. The Morgan fingerprint density at radius 3 is 2.39 bits per heavy atom. The Bertz CT molecular complexity index is 543. The molecule has 1 rings (SSSR count). The fourth-order valence-corrected chi connectivity index (χ4v) is 2.12. The molecule has 0 aliphatic rings. The lowest BCUT2D eigenvalue weighted by atomic mass is 9.96. The minimum absolute atomic E-state index is 0.0571. The van der Waals surface area contributed by atoms with E-state index in [0.717, 1.165) is 5.56 Å². The molecule has 128 valence electrons. The maximum atomic E-state index is 12.3. The predicted molar refractivity (Wildman–Crippen MR) is 87.0 cm³/mol. The van der Waals surface area contributed by atoms with Crippen molar-refractivity contribution in [3.05, 3.63) is 29.8 Å². The summed E-state index contributed by atoms with van der Waals surface area (Å²) in [6.45, 7) is 8.86. The first-order chi connectivity index (χ1) is 10.6. The lowest BCUT2D eigenvalue weighted by molar-refractivity contribution is -0.163. The van der Waals surface area contributed by atoms with E-state index in [9.17, 15) is 14.7 Å². The van der Waals surface area contributed by atoms with Gasteiger partial charge in [0, 0.05) is 0 Å². The van der Waals surface area contributed by atoms with E-state index in [1.165, 1.54) is 0 Å². The Morgan fingerprint density at radius 2 is 1.87 bits per heavy atom. The van der Waals surface area contributed by atoms with Gasteiger partial charge in [-0.25, -0.2) is 0 Å². The van der Waals surface area contributed by atoms with Crippen LogP contribution < -0.4 is 0 Å². The minimum atomic E-state index is -0.644. The van der Waals surface area contributed by atoms with E-state index < -0.39 is 23.5 Å². The first-order valence-corrected chi connectivity index (χ1v) is 7.77. The van der Waals surface area contributed by atoms with Crippen molar-refractivity contribution in [1.82, 2.24) is 0 Å². The molecule has 0 aliphatic carbocycles. The van der Waals surface area contributed by atoms with Crippen LogP contribution in [-0.4, -0.2) is 28.8 Å². The second-order valence-corrected chi connectivity index (χ2v) is 6.85. The molecule has 0 fully saturated rings. The summed E-state index contributed by atoms with van der Waals surface area (Å²) in [4.78, 5) is 24.3. The van der Waals surface area contributed by atoms with Crippen LogP contribution in [0.2, 0.25) is 0 Å². The van der Waals surface area contributed by atoms with Gasteiger partial charge in [-0.2, -0.15) is 0 Å². The lowest BCUT2D eigenvalue weighted by Crippen LogP contribution is -2.30. The number of carbonyl (C=O) groups is 2. The fourth-order valence-electron chi connectivity index (χ4n) is 2.12. The van der Waals surface area contributed by atoms with Crippen LogP contribution in [-0.2, 0) is 25.5 Å². The second-order valence-electron chi connectivity index (χ2n) is 6.85. The third-order valence-electron chi connectivity index (χ3n) is 2.91. The minimum Gasteiger partial charge on any atom is -0.508 e. The van der Waals surface area contributed by atoms with Gasteiger partial charge in [-0.05, 0) is 58.7 Å². The Kier molecular flexibility index (Phi) is 6.61. The summed E-state index contributed by atoms with van der Waals surface area (Å²) in [5.41, 5.74) is 0.161. The van der Waals surface area contributed by atoms with Crippen LogP contribution in [0.4, 0.5) is 0 Å². The van der Waals surface area contributed by atoms with E-state index in [1.54, 1.807) is 58.9 Å². The molecule has 23 heavy (non-hydrogen) atoms. The molecule has 0 bridgehead atoms. The number of esters is 2. The van der Waals surface area contributed by atoms with Crippen LogP contribution in [0.5, 0.6) is 5.75 Å². The van der Waals surface area contributed by atoms with Gasteiger partial charge in [0.2, 0.25) is 0 Å². The average molecular weight is 322 g/mol. The van der Waals surface area contributed by atoms with Gasteiger partial charge >= 0.3 is 11.9 Å². The van der Waals surface area contributed by atoms with Gasteiger partial charge in [0.05, 0.1) is 18.4 Å². The monoisotopic (exact) mass is 322 g/mol. The zero-order valence-corrected chi connectivity index (χ0v) is 14.5. The van der Waals surface area contributed by atoms with Crippen molar-refractivity contribution in [2.45, 2.75) is 59.2 Å². The molecule has 0 aliphatic heterocycles. The van der Waals surface area contributed by atoms with Crippen LogP contribution in [0.1, 0.15) is 46.6 Å². The van der Waals surface area contributed by atoms with Gasteiger partial charge in [0.1, 0.15) is 11.4 Å². The summed E-state index contributed by atoms with van der Waals surface area (Å²) in [7, 11) is 0. The van der Waals surface area contributed by atoms with Crippen LogP contribution in [0.25, 0.3) is 0 Å². The van der Waals surface area contributed by atoms with E-state index in [2.05, 4.69) is 0 Å². The highest BCUT2D eigenvalue weighted by Gasteiger charge is 2.27. The summed E-state index contributed by atoms with van der Waals surface area (Å²) in [5.74, 6) is -1.40. The number of phenols is 1. The molecule has 0 unspecified atom stereocenters. The van der Waals surface area contributed by atoms with Gasteiger partial charge in [-0.1, -0.05) is 12.1 Å². The first kappa shape index (κ1) is 19.0. The molecule has 0 saturated heterocycles. The average Bonchev–Trinajstić information content (AvgIpc) is 2.34. The largest absolute Gasteiger partial charge is 0.508 e. The van der Waals surface area contributed by atoms with Gasteiger partial charge in [-0.15, -0.1) is 0 Å². The van der Waals surface area contributed by atoms with Crippen molar-refractivity contribution in [3.63, 3.8) is 0 Å². The number of hydrogen-bond acceptors (Lipinski definition) is 5. The molecule has 1 N–H and O–H groups in total. The highest BCUT2D eigenvalue weighted by molar-refractivity contribution is 5.80. The normalized spacial score (nSPS) is 12.8. The summed E-state index contributed by atoms with van der Waals surface area (Å²) in [5, 5.41) is 9.54. The highest BCUT2D eigenvalue weighted by Crippen LogP contribution is 2.20. The molecule has 1 aromatic carbocycles. The van der Waals surface area contributed by atoms with Gasteiger partial charge in [0.25, 0.3) is 0 Å². The molecule has 0 spiro atoms. The predicted octanol–water partition coefficient (Wildman–Crippen LogP) is 3.23. The van der Waals surface area contributed by atoms with Crippen LogP contribution in [0.3, 0.4) is 0 Å². The molecule has 5 nitrogen and oxygen atoms in total. The van der Waals surface area contributed by atoms with Gasteiger partial charge < -0.3 is 14.6 Å². The van der Waals surface area contributed by atoms with Crippen LogP contribution >= 0.6 is 0 Å². The standard InChI is InChI=1S/C18H26O5/c1-12(2)22-17(21)14(11-16(20)23-18(3,4)5)9-13-7-6-8-15(19)10-13/h6-8,10,12,14,19H,9,11H2,1-5H3/t14-/m0/s1. The number of aromatic hydroxyl groups is 1. The number of ether oxygens (including phenoxy) is 2. The maximum absolute atomic E-state index is 12.3. The molecule has 0 radical (unpaired) electrons. The molecular formula is C18H26O5. The molecule has 1 aromatic rings. The Morgan fingerprint density at radius 1 is 1.22 bits per heavy atom. The van der Waals surface area contributed by atoms with Gasteiger partial charge in [0.15, 0.2) is 0 Å². The molecule has 5 heteroatoms. The van der Waals surface area contributed by atoms with Crippen LogP contribution in [0.15, 0.2) is 24.3 Å². The van der Waals surface area contributed by atoms with E-state index in [4.69, 9.17) is 9.47 Å². The van der Waals surface area contributed by atoms with Crippen molar-refractivity contribution in [3.8, 4) is 5.75 Å². The molecule has 0 saturated carbocycles. The lowest BCUT2D eigenvalue weighted by Gasteiger charge is -2.22. The van der Waals surface area contributed by atoms with Crippen molar-refractivity contribution in [2.24, 2.45) is 5.92 Å². The zero-order chi connectivity index (χ0) is 17.6. The number of benzene rings is 1. The number of carbonyl (C=O) groups excluding carboxylic acids is 2. The molecule has 0 aromatic heterocycles. The van der Waals surface area contributed by atoms with E-state index in [0.29, 0.717) is 6.42 Å². The number of phenolic OH excluding ortho intramolecular Hbond substituents is 1. The van der Waals surface area contributed by atoms with Crippen molar-refractivity contribution < 1.29 is 24.2 Å². The van der Waals surface area contributed by atoms with Crippen LogP contribution in [0, 0.1) is 5.92 Å². The number of hydrogen-bond donors (Lipinski definition) is 1. The maximum Gasteiger partial charge on any atom is 0.310 e. The summed E-state index contributed by atoms with van der Waals surface area (Å²) in [6.07, 6.45) is -0.00896. The second kappa shape index (κ2) is 7.99. The topological polar surface area (TPSA) is 72.8 Å². The summed E-state index contributed by atoms with van der Waals surface area (Å²) >= 11 is 0.